The fourth-order valence-electron chi connectivity index (χ4n) is 1.39. The topological polar surface area (TPSA) is 80.4 Å². The van der Waals surface area contributed by atoms with E-state index >= 15 is 0 Å². The Kier molecular flexibility index (Phi) is 3.20. The molecule has 0 unspecified atom stereocenters. The lowest BCUT2D eigenvalue weighted by atomic mass is 9.99. The largest absolute Gasteiger partial charge is 0.502 e. The minimum Gasteiger partial charge on any atom is -0.502 e. The molecule has 0 aliphatic rings. The van der Waals surface area contributed by atoms with Crippen LogP contribution in [-0.4, -0.2) is 16.3 Å². The van der Waals surface area contributed by atoms with Crippen molar-refractivity contribution in [1.82, 2.24) is 0 Å². The van der Waals surface area contributed by atoms with E-state index in [4.69, 9.17) is 0 Å². The Bertz CT molecular complexity index is 491. The van der Waals surface area contributed by atoms with Crippen molar-refractivity contribution in [3.8, 4) is 5.75 Å². The second-order valence-electron chi connectivity index (χ2n) is 2.94. The molecule has 16 heavy (non-hydrogen) atoms. The monoisotopic (exact) mass is 219 g/mol. The van der Waals surface area contributed by atoms with Crippen molar-refractivity contribution < 1.29 is 14.8 Å². The van der Waals surface area contributed by atoms with E-state index in [2.05, 4.69) is 13.2 Å². The van der Waals surface area contributed by atoms with Crippen molar-refractivity contribution in [3.63, 3.8) is 0 Å². The van der Waals surface area contributed by atoms with Crippen molar-refractivity contribution in [3.05, 3.63) is 46.0 Å². The summed E-state index contributed by atoms with van der Waals surface area (Å²) >= 11 is 0. The lowest BCUT2D eigenvalue weighted by Crippen LogP contribution is -1.97. The van der Waals surface area contributed by atoms with Crippen LogP contribution < -0.4 is 0 Å². The predicted molar refractivity (Wildman–Crippen MR) is 60.3 cm³/mol. The lowest BCUT2D eigenvalue weighted by Gasteiger charge is -2.07. The first-order valence-corrected chi connectivity index (χ1v) is 4.31. The molecule has 0 saturated heterocycles. The Hall–Kier alpha value is -2.43. The van der Waals surface area contributed by atoms with Crippen LogP contribution in [0.5, 0.6) is 5.75 Å². The number of hydrogen-bond donors (Lipinski definition) is 1. The zero-order valence-corrected chi connectivity index (χ0v) is 8.34. The first-order chi connectivity index (χ1) is 7.56. The van der Waals surface area contributed by atoms with Gasteiger partial charge in [0, 0.05) is 17.2 Å². The molecule has 0 heterocycles. The molecule has 82 valence electrons. The van der Waals surface area contributed by atoms with Gasteiger partial charge in [0.1, 0.15) is 0 Å². The maximum absolute atomic E-state index is 10.8. The van der Waals surface area contributed by atoms with E-state index in [9.17, 15) is 20.0 Å². The second-order valence-corrected chi connectivity index (χ2v) is 2.94. The molecule has 1 aromatic rings. The number of aldehydes is 1. The Morgan fingerprint density at radius 3 is 2.25 bits per heavy atom. The number of aromatic hydroxyl groups is 1. The van der Waals surface area contributed by atoms with Gasteiger partial charge in [-0.25, -0.2) is 0 Å². The van der Waals surface area contributed by atoms with Crippen LogP contribution in [0.3, 0.4) is 0 Å². The van der Waals surface area contributed by atoms with Gasteiger partial charge in [-0.05, 0) is 5.56 Å². The number of hydrogen-bond acceptors (Lipinski definition) is 4. The fourth-order valence-corrected chi connectivity index (χ4v) is 1.39. The standard InChI is InChI=1S/C11H9NO4/c1-3-8-7(6-13)5-10(12(15)16)11(14)9(8)4-2/h3-6,14H,1-2H2. The van der Waals surface area contributed by atoms with Crippen LogP contribution in [-0.2, 0) is 0 Å². The number of nitrogens with zero attached hydrogens (tertiary/aromatic N) is 1. The predicted octanol–water partition coefficient (Wildman–Crippen LogP) is 2.40. The molecular weight excluding hydrogens is 210 g/mol. The Morgan fingerprint density at radius 1 is 1.31 bits per heavy atom. The highest BCUT2D eigenvalue weighted by molar-refractivity contribution is 5.89. The molecule has 0 bridgehead atoms. The second kappa shape index (κ2) is 4.39. The Morgan fingerprint density at radius 2 is 1.88 bits per heavy atom. The van der Waals surface area contributed by atoms with Crippen LogP contribution in [0.4, 0.5) is 5.69 Å². The third-order valence-corrected chi connectivity index (χ3v) is 2.12. The summed E-state index contributed by atoms with van der Waals surface area (Å²) in [5.41, 5.74) is 0.0244. The summed E-state index contributed by atoms with van der Waals surface area (Å²) in [5, 5.41) is 20.2. The summed E-state index contributed by atoms with van der Waals surface area (Å²) in [5.74, 6) is -0.513. The van der Waals surface area contributed by atoms with E-state index in [1.54, 1.807) is 0 Å². The van der Waals surface area contributed by atoms with Crippen LogP contribution in [0.15, 0.2) is 19.2 Å². The average molecular weight is 219 g/mol. The molecule has 5 heteroatoms. The SMILES string of the molecule is C=Cc1c(C=O)cc([N+](=O)[O-])c(O)c1C=C. The van der Waals surface area contributed by atoms with Crippen LogP contribution in [0, 0.1) is 10.1 Å². The van der Waals surface area contributed by atoms with Gasteiger partial charge in [0.15, 0.2) is 6.29 Å². The Labute approximate surface area is 91.5 Å². The summed E-state index contributed by atoms with van der Waals surface area (Å²) < 4.78 is 0. The molecule has 0 fully saturated rings. The minimum absolute atomic E-state index is 0.0920. The lowest BCUT2D eigenvalue weighted by molar-refractivity contribution is -0.385. The Balaban J connectivity index is 3.74. The summed E-state index contributed by atoms with van der Waals surface area (Å²) in [4.78, 5) is 20.6. The van der Waals surface area contributed by atoms with Gasteiger partial charge in [-0.15, -0.1) is 0 Å². The number of phenolic OH excluding ortho intramolecular Hbond substituents is 1. The van der Waals surface area contributed by atoms with Crippen molar-refractivity contribution >= 4 is 24.1 Å². The van der Waals surface area contributed by atoms with E-state index in [1.165, 1.54) is 12.2 Å². The maximum Gasteiger partial charge on any atom is 0.312 e. The van der Waals surface area contributed by atoms with Gasteiger partial charge in [0.2, 0.25) is 5.75 Å². The van der Waals surface area contributed by atoms with Crippen molar-refractivity contribution in [1.29, 1.82) is 0 Å². The molecular formula is C11H9NO4. The van der Waals surface area contributed by atoms with Crippen molar-refractivity contribution in [2.24, 2.45) is 0 Å². The van der Waals surface area contributed by atoms with Gasteiger partial charge in [0.25, 0.3) is 0 Å². The molecule has 0 atom stereocenters. The van der Waals surface area contributed by atoms with E-state index < -0.39 is 16.4 Å². The summed E-state index contributed by atoms with van der Waals surface area (Å²) in [6.07, 6.45) is 3.05. The fraction of sp³-hybridized carbons (Fsp3) is 0. The van der Waals surface area contributed by atoms with Crippen LogP contribution in [0.2, 0.25) is 0 Å². The zero-order valence-electron chi connectivity index (χ0n) is 8.34. The van der Waals surface area contributed by atoms with Gasteiger partial charge < -0.3 is 5.11 Å². The van der Waals surface area contributed by atoms with Gasteiger partial charge in [0.05, 0.1) is 4.92 Å². The molecule has 0 saturated carbocycles. The van der Waals surface area contributed by atoms with Gasteiger partial charge in [-0.2, -0.15) is 0 Å². The van der Waals surface area contributed by atoms with E-state index in [0.29, 0.717) is 11.8 Å². The van der Waals surface area contributed by atoms with Crippen LogP contribution in [0.1, 0.15) is 21.5 Å². The molecule has 1 aromatic carbocycles. The molecule has 0 amide bonds. The molecule has 1 rings (SSSR count). The molecule has 5 nitrogen and oxygen atoms in total. The number of nitro benzene ring substituents is 1. The van der Waals surface area contributed by atoms with E-state index in [0.717, 1.165) is 6.07 Å². The molecule has 0 spiro atoms. The highest BCUT2D eigenvalue weighted by Gasteiger charge is 2.21. The highest BCUT2D eigenvalue weighted by Crippen LogP contribution is 2.35. The number of phenols is 1. The normalized spacial score (nSPS) is 9.50. The molecule has 0 aliphatic carbocycles. The number of benzene rings is 1. The van der Waals surface area contributed by atoms with Crippen LogP contribution in [0.25, 0.3) is 12.2 Å². The molecule has 0 aliphatic heterocycles. The molecule has 0 aromatic heterocycles. The first-order valence-electron chi connectivity index (χ1n) is 4.31. The third-order valence-electron chi connectivity index (χ3n) is 2.12. The number of nitro groups is 1. The number of carbonyl (C=O) groups is 1. The first kappa shape index (κ1) is 11.6. The summed E-state index contributed by atoms with van der Waals surface area (Å²) in [7, 11) is 0. The average Bonchev–Trinajstić information content (AvgIpc) is 2.27. The summed E-state index contributed by atoms with van der Waals surface area (Å²) in [6, 6.07) is 1.01. The summed E-state index contributed by atoms with van der Waals surface area (Å²) in [6.45, 7) is 6.91. The highest BCUT2D eigenvalue weighted by atomic mass is 16.6. The van der Waals surface area contributed by atoms with Crippen molar-refractivity contribution in [2.45, 2.75) is 0 Å². The molecule has 0 radical (unpaired) electrons. The van der Waals surface area contributed by atoms with E-state index in [-0.39, 0.29) is 11.1 Å². The van der Waals surface area contributed by atoms with E-state index in [1.807, 2.05) is 0 Å². The number of carbonyl (C=O) groups excluding carboxylic acids is 1. The smallest absolute Gasteiger partial charge is 0.312 e. The van der Waals surface area contributed by atoms with Gasteiger partial charge in [-0.3, -0.25) is 14.9 Å². The van der Waals surface area contributed by atoms with Crippen molar-refractivity contribution in [2.75, 3.05) is 0 Å². The number of rotatable bonds is 4. The maximum atomic E-state index is 10.8. The van der Waals surface area contributed by atoms with Gasteiger partial charge in [-0.1, -0.05) is 25.3 Å². The van der Waals surface area contributed by atoms with Gasteiger partial charge >= 0.3 is 5.69 Å². The minimum atomic E-state index is -0.762. The molecule has 1 N–H and O–H groups in total. The third kappa shape index (κ3) is 1.70. The van der Waals surface area contributed by atoms with Crippen LogP contribution >= 0.6 is 0 Å². The quantitative estimate of drug-likeness (QED) is 0.479. The zero-order chi connectivity index (χ0) is 12.3.